The maximum absolute atomic E-state index is 12.5. The van der Waals surface area contributed by atoms with Crippen molar-refractivity contribution in [3.05, 3.63) is 48.0 Å². The zero-order chi connectivity index (χ0) is 25.0. The van der Waals surface area contributed by atoms with Crippen molar-refractivity contribution in [2.24, 2.45) is 5.92 Å². The van der Waals surface area contributed by atoms with E-state index in [-0.39, 0.29) is 12.5 Å². The number of unbranched alkanes of at least 4 members (excludes halogenated alkanes) is 7. The quantitative estimate of drug-likeness (QED) is 0.108. The summed E-state index contributed by atoms with van der Waals surface area (Å²) in [5.41, 5.74) is 0.300. The molecule has 0 radical (unpaired) electrons. The summed E-state index contributed by atoms with van der Waals surface area (Å²) in [4.78, 5) is 24.7. The summed E-state index contributed by atoms with van der Waals surface area (Å²) >= 11 is 0. The fourth-order valence-corrected chi connectivity index (χ4v) is 3.84. The minimum atomic E-state index is -1.02. The lowest BCUT2D eigenvalue weighted by molar-refractivity contribution is -0.144. The molecule has 3 atom stereocenters. The molecule has 1 rings (SSSR count). The third-order valence-electron chi connectivity index (χ3n) is 5.94. The number of hydrogen-bond acceptors (Lipinski definition) is 6. The lowest BCUT2D eigenvalue weighted by Crippen LogP contribution is -2.27. The van der Waals surface area contributed by atoms with E-state index in [0.717, 1.165) is 44.9 Å². The Morgan fingerprint density at radius 2 is 1.56 bits per heavy atom. The standard InChI is InChI=1S/C28H44O6/c1-2-3-4-14-19-25(30)20-15-9-7-5-6-8-11-18-24(21-26(31)22-29)28(33)34-27(32)23-16-12-10-13-17-23/h9-10,12-13,15-17,24-26,29-31H,2-8,11,14,18-22H2,1H3/t24?,25-,26?/m1/s1. The lowest BCUT2D eigenvalue weighted by atomic mass is 9.94. The summed E-state index contributed by atoms with van der Waals surface area (Å²) in [6.07, 6.45) is 14.5. The smallest absolute Gasteiger partial charge is 0.345 e. The number of esters is 2. The van der Waals surface area contributed by atoms with Gasteiger partial charge in [0.25, 0.3) is 0 Å². The number of ether oxygens (including phenoxy) is 1. The number of carbonyl (C=O) groups excluding carboxylic acids is 2. The van der Waals surface area contributed by atoms with Gasteiger partial charge in [-0.05, 0) is 50.7 Å². The van der Waals surface area contributed by atoms with E-state index in [1.165, 1.54) is 19.3 Å². The first-order valence-corrected chi connectivity index (χ1v) is 12.9. The molecule has 6 heteroatoms. The van der Waals surface area contributed by atoms with Crippen molar-refractivity contribution in [3.63, 3.8) is 0 Å². The van der Waals surface area contributed by atoms with Crippen LogP contribution in [0.25, 0.3) is 0 Å². The van der Waals surface area contributed by atoms with Crippen LogP contribution >= 0.6 is 0 Å². The van der Waals surface area contributed by atoms with Crippen LogP contribution in [0.2, 0.25) is 0 Å². The van der Waals surface area contributed by atoms with E-state index in [0.29, 0.717) is 18.4 Å². The molecule has 0 amide bonds. The van der Waals surface area contributed by atoms with E-state index in [1.807, 2.05) is 0 Å². The number of aliphatic hydroxyl groups is 3. The summed E-state index contributed by atoms with van der Waals surface area (Å²) in [6, 6.07) is 8.32. The highest BCUT2D eigenvalue weighted by Crippen LogP contribution is 2.20. The Kier molecular flexibility index (Phi) is 17.0. The van der Waals surface area contributed by atoms with E-state index in [4.69, 9.17) is 9.84 Å². The van der Waals surface area contributed by atoms with Gasteiger partial charge in [0.05, 0.1) is 30.3 Å². The summed E-state index contributed by atoms with van der Waals surface area (Å²) in [5, 5.41) is 28.9. The van der Waals surface area contributed by atoms with E-state index in [2.05, 4.69) is 19.1 Å². The van der Waals surface area contributed by atoms with Crippen LogP contribution in [0, 0.1) is 5.92 Å². The van der Waals surface area contributed by atoms with Crippen LogP contribution in [0.3, 0.4) is 0 Å². The van der Waals surface area contributed by atoms with Gasteiger partial charge in [0.1, 0.15) is 0 Å². The summed E-state index contributed by atoms with van der Waals surface area (Å²) in [5.74, 6) is -1.99. The molecule has 0 saturated carbocycles. The van der Waals surface area contributed by atoms with Gasteiger partial charge in [0, 0.05) is 0 Å². The third kappa shape index (κ3) is 14.3. The van der Waals surface area contributed by atoms with Crippen molar-refractivity contribution >= 4 is 11.9 Å². The van der Waals surface area contributed by atoms with Gasteiger partial charge in [0.2, 0.25) is 0 Å². The topological polar surface area (TPSA) is 104 Å². The van der Waals surface area contributed by atoms with Gasteiger partial charge in [-0.25, -0.2) is 4.79 Å². The van der Waals surface area contributed by atoms with Gasteiger partial charge in [-0.15, -0.1) is 0 Å². The predicted octanol–water partition coefficient (Wildman–Crippen LogP) is 5.35. The lowest BCUT2D eigenvalue weighted by Gasteiger charge is -2.17. The van der Waals surface area contributed by atoms with Crippen molar-refractivity contribution in [1.82, 2.24) is 0 Å². The highest BCUT2D eigenvalue weighted by atomic mass is 16.6. The largest absolute Gasteiger partial charge is 0.394 e. The molecule has 0 aliphatic heterocycles. The highest BCUT2D eigenvalue weighted by molar-refractivity contribution is 5.97. The Labute approximate surface area is 205 Å². The monoisotopic (exact) mass is 476 g/mol. The summed E-state index contributed by atoms with van der Waals surface area (Å²) in [7, 11) is 0. The van der Waals surface area contributed by atoms with Crippen molar-refractivity contribution in [2.45, 2.75) is 103 Å². The van der Waals surface area contributed by atoms with Gasteiger partial charge < -0.3 is 20.1 Å². The Morgan fingerprint density at radius 3 is 2.26 bits per heavy atom. The van der Waals surface area contributed by atoms with Crippen LogP contribution in [-0.2, 0) is 9.53 Å². The van der Waals surface area contributed by atoms with Crippen molar-refractivity contribution < 1.29 is 29.6 Å². The molecule has 0 spiro atoms. The molecule has 0 bridgehead atoms. The first kappa shape index (κ1) is 30.0. The van der Waals surface area contributed by atoms with Crippen molar-refractivity contribution in [1.29, 1.82) is 0 Å². The van der Waals surface area contributed by atoms with E-state index < -0.39 is 30.6 Å². The van der Waals surface area contributed by atoms with E-state index >= 15 is 0 Å². The summed E-state index contributed by atoms with van der Waals surface area (Å²) in [6.45, 7) is 1.75. The minimum Gasteiger partial charge on any atom is -0.394 e. The second-order valence-electron chi connectivity index (χ2n) is 9.05. The highest BCUT2D eigenvalue weighted by Gasteiger charge is 2.25. The number of carbonyl (C=O) groups is 2. The third-order valence-corrected chi connectivity index (χ3v) is 5.94. The first-order chi connectivity index (χ1) is 16.5. The van der Waals surface area contributed by atoms with Crippen LogP contribution < -0.4 is 0 Å². The molecular formula is C28H44O6. The molecule has 192 valence electrons. The van der Waals surface area contributed by atoms with Gasteiger partial charge >= 0.3 is 11.9 Å². The Hall–Kier alpha value is -2.02. The van der Waals surface area contributed by atoms with Crippen LogP contribution in [0.5, 0.6) is 0 Å². The van der Waals surface area contributed by atoms with Crippen LogP contribution in [0.1, 0.15) is 101 Å². The molecule has 2 unspecified atom stereocenters. The van der Waals surface area contributed by atoms with Crippen LogP contribution in [-0.4, -0.2) is 46.1 Å². The molecule has 0 aliphatic carbocycles. The Morgan fingerprint density at radius 1 is 0.882 bits per heavy atom. The molecule has 3 N–H and O–H groups in total. The molecule has 0 aliphatic rings. The second kappa shape index (κ2) is 19.3. The molecule has 1 aromatic carbocycles. The van der Waals surface area contributed by atoms with Gasteiger partial charge in [-0.1, -0.05) is 82.2 Å². The minimum absolute atomic E-state index is 0.0703. The molecular weight excluding hydrogens is 432 g/mol. The molecule has 1 aromatic rings. The summed E-state index contributed by atoms with van der Waals surface area (Å²) < 4.78 is 5.02. The maximum atomic E-state index is 12.5. The van der Waals surface area contributed by atoms with E-state index in [9.17, 15) is 19.8 Å². The zero-order valence-electron chi connectivity index (χ0n) is 20.7. The van der Waals surface area contributed by atoms with Crippen molar-refractivity contribution in [3.8, 4) is 0 Å². The predicted molar refractivity (Wildman–Crippen MR) is 134 cm³/mol. The van der Waals surface area contributed by atoms with Gasteiger partial charge in [-0.2, -0.15) is 0 Å². The van der Waals surface area contributed by atoms with Crippen molar-refractivity contribution in [2.75, 3.05) is 6.61 Å². The number of aliphatic hydroxyl groups excluding tert-OH is 3. The molecule has 6 nitrogen and oxygen atoms in total. The maximum Gasteiger partial charge on any atom is 0.345 e. The number of allylic oxidation sites excluding steroid dienone is 1. The second-order valence-corrected chi connectivity index (χ2v) is 9.05. The average molecular weight is 477 g/mol. The Balaban J connectivity index is 2.27. The Bertz CT molecular complexity index is 687. The van der Waals surface area contributed by atoms with Crippen LogP contribution in [0.15, 0.2) is 42.5 Å². The number of benzene rings is 1. The normalized spacial score (nSPS) is 14.1. The van der Waals surface area contributed by atoms with Crippen LogP contribution in [0.4, 0.5) is 0 Å². The van der Waals surface area contributed by atoms with E-state index in [1.54, 1.807) is 30.3 Å². The SMILES string of the molecule is CCCCCC[C@@H](O)CC=CCCCCCCC(CC(O)CO)C(=O)OC(=O)c1ccccc1. The number of rotatable bonds is 19. The molecule has 34 heavy (non-hydrogen) atoms. The molecule has 0 heterocycles. The van der Waals surface area contributed by atoms with Gasteiger partial charge in [-0.3, -0.25) is 4.79 Å². The van der Waals surface area contributed by atoms with Gasteiger partial charge in [0.15, 0.2) is 0 Å². The molecule has 0 aromatic heterocycles. The molecule has 0 fully saturated rings. The molecule has 0 saturated heterocycles. The average Bonchev–Trinajstić information content (AvgIpc) is 2.85. The fourth-order valence-electron chi connectivity index (χ4n) is 3.84. The zero-order valence-corrected chi connectivity index (χ0v) is 20.7. The number of hydrogen-bond donors (Lipinski definition) is 3. The first-order valence-electron chi connectivity index (χ1n) is 12.9. The fraction of sp³-hybridized carbons (Fsp3) is 0.643.